The summed E-state index contributed by atoms with van der Waals surface area (Å²) in [6.07, 6.45) is 2.02. The van der Waals surface area contributed by atoms with Crippen LogP contribution in [0.15, 0.2) is 51.9 Å². The van der Waals surface area contributed by atoms with E-state index < -0.39 is 0 Å². The van der Waals surface area contributed by atoms with Gasteiger partial charge in [0.05, 0.1) is 6.04 Å². The van der Waals surface area contributed by atoms with Crippen LogP contribution in [-0.4, -0.2) is 44.5 Å². The number of nitrogens with zero attached hydrogens (tertiary/aromatic N) is 3. The van der Waals surface area contributed by atoms with Gasteiger partial charge in [-0.2, -0.15) is 0 Å². The van der Waals surface area contributed by atoms with Crippen LogP contribution in [0.2, 0.25) is 0 Å². The number of aliphatic imine (C=N–C) groups is 1. The van der Waals surface area contributed by atoms with Gasteiger partial charge in [-0.1, -0.05) is 54.0 Å². The van der Waals surface area contributed by atoms with Gasteiger partial charge in [0.25, 0.3) is 0 Å². The Morgan fingerprint density at radius 1 is 1.11 bits per heavy atom. The van der Waals surface area contributed by atoms with Crippen molar-refractivity contribution in [3.63, 3.8) is 0 Å². The zero-order chi connectivity index (χ0) is 19.6. The average Bonchev–Trinajstić information content (AvgIpc) is 3.02. The molecular weight excluding hydrogens is 398 g/mol. The van der Waals surface area contributed by atoms with Crippen molar-refractivity contribution in [2.24, 2.45) is 10.9 Å². The number of hydrogen-bond donors (Lipinski definition) is 0. The molecule has 2 aromatic carbocycles. The van der Waals surface area contributed by atoms with Gasteiger partial charge in [-0.3, -0.25) is 4.99 Å². The minimum absolute atomic E-state index is 0.392. The van der Waals surface area contributed by atoms with Gasteiger partial charge in [-0.15, -0.1) is 0 Å². The first-order chi connectivity index (χ1) is 12.9. The SMILES string of the molecule is CC(C)C1CN(C)C(c2ccccc2CCc2cc(Br)ccc2N(C)C)=N1. The molecule has 0 aliphatic carbocycles. The molecule has 0 N–H and O–H groups in total. The summed E-state index contributed by atoms with van der Waals surface area (Å²) in [6, 6.07) is 15.7. The first-order valence-electron chi connectivity index (χ1n) is 9.69. The van der Waals surface area contributed by atoms with Crippen molar-refractivity contribution in [1.29, 1.82) is 0 Å². The third-order valence-electron chi connectivity index (χ3n) is 5.33. The fourth-order valence-corrected chi connectivity index (χ4v) is 4.12. The van der Waals surface area contributed by atoms with Crippen LogP contribution in [0.4, 0.5) is 5.69 Å². The molecule has 1 aliphatic heterocycles. The van der Waals surface area contributed by atoms with Crippen LogP contribution in [0.5, 0.6) is 0 Å². The second-order valence-electron chi connectivity index (χ2n) is 7.97. The van der Waals surface area contributed by atoms with Crippen molar-refractivity contribution in [2.75, 3.05) is 32.6 Å². The summed E-state index contributed by atoms with van der Waals surface area (Å²) in [6.45, 7) is 5.53. The molecule has 0 saturated carbocycles. The summed E-state index contributed by atoms with van der Waals surface area (Å²) < 4.78 is 1.14. The summed E-state index contributed by atoms with van der Waals surface area (Å²) in [5.41, 5.74) is 5.30. The van der Waals surface area contributed by atoms with E-state index in [0.717, 1.165) is 29.7 Å². The summed E-state index contributed by atoms with van der Waals surface area (Å²) >= 11 is 3.62. The van der Waals surface area contributed by atoms with Gasteiger partial charge in [0.1, 0.15) is 5.84 Å². The Balaban J connectivity index is 1.86. The highest BCUT2D eigenvalue weighted by Gasteiger charge is 2.26. The number of hydrogen-bond acceptors (Lipinski definition) is 3. The van der Waals surface area contributed by atoms with E-state index in [-0.39, 0.29) is 0 Å². The fraction of sp³-hybridized carbons (Fsp3) is 0.435. The van der Waals surface area contributed by atoms with Gasteiger partial charge in [0.15, 0.2) is 0 Å². The molecule has 0 bridgehead atoms. The number of amidine groups is 1. The molecule has 3 rings (SSSR count). The molecule has 27 heavy (non-hydrogen) atoms. The zero-order valence-electron chi connectivity index (χ0n) is 17.0. The van der Waals surface area contributed by atoms with Crippen LogP contribution in [-0.2, 0) is 12.8 Å². The van der Waals surface area contributed by atoms with E-state index in [9.17, 15) is 0 Å². The third-order valence-corrected chi connectivity index (χ3v) is 5.82. The topological polar surface area (TPSA) is 18.8 Å². The lowest BCUT2D eigenvalue weighted by Crippen LogP contribution is -2.27. The highest BCUT2D eigenvalue weighted by Crippen LogP contribution is 2.26. The minimum atomic E-state index is 0.392. The molecule has 0 saturated heterocycles. The van der Waals surface area contributed by atoms with E-state index >= 15 is 0 Å². The van der Waals surface area contributed by atoms with Gasteiger partial charge in [-0.25, -0.2) is 0 Å². The Bertz CT molecular complexity index is 826. The summed E-state index contributed by atoms with van der Waals surface area (Å²) in [5, 5.41) is 0. The van der Waals surface area contributed by atoms with E-state index in [1.165, 1.54) is 22.4 Å². The number of halogens is 1. The first-order valence-corrected chi connectivity index (χ1v) is 10.5. The molecule has 1 aliphatic rings. The lowest BCUT2D eigenvalue weighted by atomic mass is 9.98. The molecule has 1 unspecified atom stereocenters. The molecular formula is C23H30BrN3. The lowest BCUT2D eigenvalue weighted by molar-refractivity contribution is 0.427. The molecule has 4 heteroatoms. The van der Waals surface area contributed by atoms with Crippen molar-refractivity contribution in [3.8, 4) is 0 Å². The highest BCUT2D eigenvalue weighted by atomic mass is 79.9. The van der Waals surface area contributed by atoms with Crippen molar-refractivity contribution in [3.05, 3.63) is 63.6 Å². The standard InChI is InChI=1S/C23H30BrN3/c1-16(2)21-15-27(5)23(25-21)20-9-7-6-8-17(20)10-11-18-14-19(24)12-13-22(18)26(3)4/h6-9,12-14,16,21H,10-11,15H2,1-5H3. The van der Waals surface area contributed by atoms with Gasteiger partial charge in [-0.05, 0) is 48.1 Å². The van der Waals surface area contributed by atoms with Crippen LogP contribution in [0, 0.1) is 5.92 Å². The predicted octanol–water partition coefficient (Wildman–Crippen LogP) is 5.02. The van der Waals surface area contributed by atoms with E-state index in [1.54, 1.807) is 0 Å². The van der Waals surface area contributed by atoms with Crippen molar-refractivity contribution < 1.29 is 0 Å². The third kappa shape index (κ3) is 4.55. The van der Waals surface area contributed by atoms with Gasteiger partial charge in [0, 0.05) is 43.4 Å². The Hall–Kier alpha value is -1.81. The Kier molecular flexibility index (Phi) is 6.25. The smallest absolute Gasteiger partial charge is 0.131 e. The molecule has 0 spiro atoms. The molecule has 0 amide bonds. The van der Waals surface area contributed by atoms with Crippen LogP contribution in [0.25, 0.3) is 0 Å². The van der Waals surface area contributed by atoms with E-state index in [2.05, 4.69) is 103 Å². The second-order valence-corrected chi connectivity index (χ2v) is 8.88. The largest absolute Gasteiger partial charge is 0.377 e. The quantitative estimate of drug-likeness (QED) is 0.644. The van der Waals surface area contributed by atoms with Crippen LogP contribution >= 0.6 is 15.9 Å². The predicted molar refractivity (Wildman–Crippen MR) is 120 cm³/mol. The molecule has 2 aromatic rings. The first kappa shape index (κ1) is 19.9. The maximum Gasteiger partial charge on any atom is 0.131 e. The number of anilines is 1. The highest BCUT2D eigenvalue weighted by molar-refractivity contribution is 9.10. The summed E-state index contributed by atoms with van der Waals surface area (Å²) in [5.74, 6) is 1.72. The summed E-state index contributed by atoms with van der Waals surface area (Å²) in [4.78, 5) is 9.54. The van der Waals surface area contributed by atoms with E-state index in [4.69, 9.17) is 4.99 Å². The van der Waals surface area contributed by atoms with Gasteiger partial charge >= 0.3 is 0 Å². The van der Waals surface area contributed by atoms with E-state index in [1.807, 2.05) is 0 Å². The van der Waals surface area contributed by atoms with Crippen LogP contribution in [0.1, 0.15) is 30.5 Å². The fourth-order valence-electron chi connectivity index (χ4n) is 3.71. The number of likely N-dealkylation sites (N-methyl/N-ethyl adjacent to an activating group) is 1. The average molecular weight is 428 g/mol. The Morgan fingerprint density at radius 2 is 1.81 bits per heavy atom. The Labute approximate surface area is 172 Å². The Morgan fingerprint density at radius 3 is 2.48 bits per heavy atom. The lowest BCUT2D eigenvalue weighted by Gasteiger charge is -2.20. The molecule has 144 valence electrons. The molecule has 0 fully saturated rings. The molecule has 1 atom stereocenters. The number of aryl methyl sites for hydroxylation is 2. The molecule has 0 aromatic heterocycles. The normalized spacial score (nSPS) is 16.8. The van der Waals surface area contributed by atoms with Crippen molar-refractivity contribution >= 4 is 27.5 Å². The van der Waals surface area contributed by atoms with E-state index in [0.29, 0.717) is 12.0 Å². The van der Waals surface area contributed by atoms with Crippen LogP contribution < -0.4 is 4.90 Å². The monoisotopic (exact) mass is 427 g/mol. The van der Waals surface area contributed by atoms with Gasteiger partial charge < -0.3 is 9.80 Å². The minimum Gasteiger partial charge on any atom is -0.377 e. The number of benzene rings is 2. The maximum atomic E-state index is 5.04. The maximum absolute atomic E-state index is 5.04. The molecule has 1 heterocycles. The van der Waals surface area contributed by atoms with Crippen molar-refractivity contribution in [1.82, 2.24) is 4.90 Å². The van der Waals surface area contributed by atoms with Crippen molar-refractivity contribution in [2.45, 2.75) is 32.7 Å². The zero-order valence-corrected chi connectivity index (χ0v) is 18.6. The second kappa shape index (κ2) is 8.47. The van der Waals surface area contributed by atoms with Gasteiger partial charge in [0.2, 0.25) is 0 Å². The summed E-state index contributed by atoms with van der Waals surface area (Å²) in [7, 11) is 6.38. The van der Waals surface area contributed by atoms with Crippen LogP contribution in [0.3, 0.4) is 0 Å². The number of rotatable bonds is 6. The molecule has 0 radical (unpaired) electrons. The molecule has 3 nitrogen and oxygen atoms in total.